The van der Waals surface area contributed by atoms with Crippen molar-refractivity contribution in [1.29, 1.82) is 0 Å². The maximum atomic E-state index is 12.1. The number of carbonyl (C=O) groups excluding carboxylic acids is 2. The number of nitrogens with one attached hydrogen (secondary N) is 2. The zero-order chi connectivity index (χ0) is 19.6. The average molecular weight is 503 g/mol. The molecule has 2 rings (SSSR count). The Kier molecular flexibility index (Phi) is 10.8. The highest BCUT2D eigenvalue weighted by molar-refractivity contribution is 14.0. The molecule has 2 heterocycles. The van der Waals surface area contributed by atoms with Gasteiger partial charge in [-0.25, -0.2) is 4.98 Å². The predicted octanol–water partition coefficient (Wildman–Crippen LogP) is 2.19. The maximum absolute atomic E-state index is 12.1. The summed E-state index contributed by atoms with van der Waals surface area (Å²) < 4.78 is 5.10. The van der Waals surface area contributed by atoms with Gasteiger partial charge in [-0.3, -0.25) is 14.6 Å². The van der Waals surface area contributed by atoms with Gasteiger partial charge in [-0.15, -0.1) is 24.0 Å². The van der Waals surface area contributed by atoms with Crippen LogP contribution in [0.1, 0.15) is 31.9 Å². The van der Waals surface area contributed by atoms with Gasteiger partial charge in [0.15, 0.2) is 5.96 Å². The number of hydrogen-bond donors (Lipinski definition) is 2. The van der Waals surface area contributed by atoms with Crippen molar-refractivity contribution in [2.24, 2.45) is 10.9 Å². The molecule has 28 heavy (non-hydrogen) atoms. The SMILES string of the molecule is CCOC(=O)C1CCN(C(=NC)NCCC(=O)Nc2cccc(C)n2)CC1.I. The summed E-state index contributed by atoms with van der Waals surface area (Å²) in [6.07, 6.45) is 1.81. The van der Waals surface area contributed by atoms with Gasteiger partial charge in [0, 0.05) is 38.8 Å². The third-order valence-electron chi connectivity index (χ3n) is 4.42. The largest absolute Gasteiger partial charge is 0.466 e. The van der Waals surface area contributed by atoms with Gasteiger partial charge in [0.25, 0.3) is 0 Å². The molecule has 0 unspecified atom stereocenters. The van der Waals surface area contributed by atoms with E-state index in [4.69, 9.17) is 4.74 Å². The number of rotatable bonds is 6. The summed E-state index contributed by atoms with van der Waals surface area (Å²) in [7, 11) is 1.72. The summed E-state index contributed by atoms with van der Waals surface area (Å²) >= 11 is 0. The number of aliphatic imine (C=N–C) groups is 1. The van der Waals surface area contributed by atoms with E-state index in [0.717, 1.165) is 37.6 Å². The number of aromatic nitrogens is 1. The molecule has 1 aromatic heterocycles. The number of carbonyl (C=O) groups is 2. The Hall–Kier alpha value is -1.91. The predicted molar refractivity (Wildman–Crippen MR) is 120 cm³/mol. The fourth-order valence-electron chi connectivity index (χ4n) is 3.03. The number of aryl methyl sites for hydroxylation is 1. The van der Waals surface area contributed by atoms with Crippen molar-refractivity contribution in [3.05, 3.63) is 23.9 Å². The Morgan fingerprint density at radius 1 is 1.32 bits per heavy atom. The second-order valence-corrected chi connectivity index (χ2v) is 6.45. The summed E-state index contributed by atoms with van der Waals surface area (Å²) in [6, 6.07) is 5.51. The van der Waals surface area contributed by atoms with Crippen LogP contribution in [0.5, 0.6) is 0 Å². The highest BCUT2D eigenvalue weighted by Crippen LogP contribution is 2.18. The van der Waals surface area contributed by atoms with E-state index in [1.807, 2.05) is 26.0 Å². The Bertz CT molecular complexity index is 675. The highest BCUT2D eigenvalue weighted by Gasteiger charge is 2.27. The molecule has 0 radical (unpaired) electrons. The van der Waals surface area contributed by atoms with Gasteiger partial charge in [0.05, 0.1) is 12.5 Å². The standard InChI is InChI=1S/C19H29N5O3.HI/c1-4-27-18(26)15-9-12-24(13-10-15)19(20-3)21-11-8-17(25)23-16-7-5-6-14(2)22-16;/h5-7,15H,4,8-13H2,1-3H3,(H,20,21)(H,22,23,25);1H. The first kappa shape index (κ1) is 24.1. The summed E-state index contributed by atoms with van der Waals surface area (Å²) in [4.78, 5) is 34.5. The lowest BCUT2D eigenvalue weighted by atomic mass is 9.97. The topological polar surface area (TPSA) is 95.9 Å². The fourth-order valence-corrected chi connectivity index (χ4v) is 3.03. The molecule has 0 aromatic carbocycles. The molecule has 1 amide bonds. The first-order valence-electron chi connectivity index (χ1n) is 9.39. The first-order chi connectivity index (χ1) is 13.0. The van der Waals surface area contributed by atoms with Gasteiger partial charge in [0.2, 0.25) is 5.91 Å². The summed E-state index contributed by atoms with van der Waals surface area (Å²) in [6.45, 7) is 6.08. The molecule has 156 valence electrons. The number of hydrogen-bond acceptors (Lipinski definition) is 5. The van der Waals surface area contributed by atoms with Crippen LogP contribution in [0, 0.1) is 12.8 Å². The van der Waals surface area contributed by atoms with Crippen LogP contribution >= 0.6 is 24.0 Å². The van der Waals surface area contributed by atoms with Crippen LogP contribution in [-0.4, -0.2) is 61.0 Å². The summed E-state index contributed by atoms with van der Waals surface area (Å²) in [5, 5.41) is 6.00. The molecule has 1 aliphatic heterocycles. The number of guanidine groups is 1. The minimum Gasteiger partial charge on any atom is -0.466 e. The van der Waals surface area contributed by atoms with Crippen LogP contribution in [-0.2, 0) is 14.3 Å². The molecule has 0 spiro atoms. The van der Waals surface area contributed by atoms with Crippen LogP contribution in [0.25, 0.3) is 0 Å². The van der Waals surface area contributed by atoms with Crippen molar-refractivity contribution >= 4 is 47.6 Å². The van der Waals surface area contributed by atoms with Crippen LogP contribution < -0.4 is 10.6 Å². The number of halogens is 1. The number of amides is 1. The molecule has 1 saturated heterocycles. The minimum absolute atomic E-state index is 0. The van der Waals surface area contributed by atoms with Crippen LogP contribution in [0.4, 0.5) is 5.82 Å². The molecule has 9 heteroatoms. The van der Waals surface area contributed by atoms with Gasteiger partial charge < -0.3 is 20.3 Å². The van der Waals surface area contributed by atoms with Gasteiger partial charge in [0.1, 0.15) is 5.82 Å². The fraction of sp³-hybridized carbons (Fsp3) is 0.579. The number of piperidine rings is 1. The number of nitrogens with zero attached hydrogens (tertiary/aromatic N) is 3. The van der Waals surface area contributed by atoms with Crippen molar-refractivity contribution < 1.29 is 14.3 Å². The summed E-state index contributed by atoms with van der Waals surface area (Å²) in [5.41, 5.74) is 0.859. The average Bonchev–Trinajstić information content (AvgIpc) is 2.66. The van der Waals surface area contributed by atoms with E-state index >= 15 is 0 Å². The lowest BCUT2D eigenvalue weighted by molar-refractivity contribution is -0.149. The van der Waals surface area contributed by atoms with E-state index in [0.29, 0.717) is 25.4 Å². The van der Waals surface area contributed by atoms with E-state index in [1.54, 1.807) is 13.1 Å². The molecule has 1 aromatic rings. The van der Waals surface area contributed by atoms with E-state index in [-0.39, 0.29) is 41.8 Å². The Labute approximate surface area is 183 Å². The maximum Gasteiger partial charge on any atom is 0.309 e. The Balaban J connectivity index is 0.00000392. The van der Waals surface area contributed by atoms with E-state index in [2.05, 4.69) is 25.5 Å². The van der Waals surface area contributed by atoms with Gasteiger partial charge in [-0.1, -0.05) is 6.07 Å². The monoisotopic (exact) mass is 503 g/mol. The van der Waals surface area contributed by atoms with Crippen LogP contribution in [0.15, 0.2) is 23.2 Å². The van der Waals surface area contributed by atoms with Crippen molar-refractivity contribution in [2.45, 2.75) is 33.1 Å². The molecule has 1 aliphatic rings. The molecular formula is C19H30IN5O3. The number of pyridine rings is 1. The summed E-state index contributed by atoms with van der Waals surface area (Å²) in [5.74, 6) is 1.06. The van der Waals surface area contributed by atoms with Crippen molar-refractivity contribution in [1.82, 2.24) is 15.2 Å². The number of esters is 1. The van der Waals surface area contributed by atoms with E-state index < -0.39 is 0 Å². The number of likely N-dealkylation sites (tertiary alicyclic amines) is 1. The van der Waals surface area contributed by atoms with Gasteiger partial charge in [-0.05, 0) is 38.8 Å². The molecule has 1 fully saturated rings. The third kappa shape index (κ3) is 7.61. The van der Waals surface area contributed by atoms with Gasteiger partial charge in [-0.2, -0.15) is 0 Å². The van der Waals surface area contributed by atoms with Gasteiger partial charge >= 0.3 is 5.97 Å². The zero-order valence-corrected chi connectivity index (χ0v) is 19.1. The quantitative estimate of drug-likeness (QED) is 0.268. The van der Waals surface area contributed by atoms with Crippen molar-refractivity contribution in [3.8, 4) is 0 Å². The molecule has 0 bridgehead atoms. The second kappa shape index (κ2) is 12.5. The minimum atomic E-state index is -0.110. The molecule has 8 nitrogen and oxygen atoms in total. The van der Waals surface area contributed by atoms with E-state index in [9.17, 15) is 9.59 Å². The Morgan fingerprint density at radius 2 is 2.04 bits per heavy atom. The first-order valence-corrected chi connectivity index (χ1v) is 9.39. The Morgan fingerprint density at radius 3 is 2.64 bits per heavy atom. The zero-order valence-electron chi connectivity index (χ0n) is 16.7. The smallest absolute Gasteiger partial charge is 0.309 e. The lowest BCUT2D eigenvalue weighted by Crippen LogP contribution is -2.47. The third-order valence-corrected chi connectivity index (χ3v) is 4.42. The highest BCUT2D eigenvalue weighted by atomic mass is 127. The molecule has 0 saturated carbocycles. The second-order valence-electron chi connectivity index (χ2n) is 6.45. The van der Waals surface area contributed by atoms with Crippen molar-refractivity contribution in [3.63, 3.8) is 0 Å². The van der Waals surface area contributed by atoms with Crippen LogP contribution in [0.2, 0.25) is 0 Å². The van der Waals surface area contributed by atoms with E-state index in [1.165, 1.54) is 0 Å². The number of ether oxygens (including phenoxy) is 1. The molecular weight excluding hydrogens is 473 g/mol. The number of anilines is 1. The molecule has 0 aliphatic carbocycles. The lowest BCUT2D eigenvalue weighted by Gasteiger charge is -2.33. The van der Waals surface area contributed by atoms with Crippen molar-refractivity contribution in [2.75, 3.05) is 38.6 Å². The normalized spacial score (nSPS) is 14.8. The molecule has 0 atom stereocenters. The molecule has 2 N–H and O–H groups in total. The van der Waals surface area contributed by atoms with Crippen LogP contribution in [0.3, 0.4) is 0 Å².